The van der Waals surface area contributed by atoms with E-state index < -0.39 is 12.1 Å². The van der Waals surface area contributed by atoms with Crippen molar-refractivity contribution in [2.45, 2.75) is 32.5 Å². The fourth-order valence-corrected chi connectivity index (χ4v) is 6.25. The van der Waals surface area contributed by atoms with Crippen molar-refractivity contribution in [1.29, 1.82) is 0 Å². The van der Waals surface area contributed by atoms with Gasteiger partial charge in [0.25, 0.3) is 5.91 Å². The monoisotopic (exact) mass is 642 g/mol. The Hall–Kier alpha value is -5.18. The van der Waals surface area contributed by atoms with E-state index in [2.05, 4.69) is 65.9 Å². The summed E-state index contributed by atoms with van der Waals surface area (Å²) in [6.45, 7) is 5.54. The third kappa shape index (κ3) is 7.51. The average molecular weight is 643 g/mol. The third-order valence-electron chi connectivity index (χ3n) is 8.97. The SMILES string of the molecule is C[C@@H]1CN([C@H](C)CO)C(=O)c2cc(NC(=O)Nc3cccc4ccccc34)ccc2O[C@H]1CN(C)Cc1ccc(-c2ccccc2)cc1. The molecule has 6 rings (SSSR count). The lowest BCUT2D eigenvalue weighted by molar-refractivity contribution is 0.0341. The molecule has 0 unspecified atom stereocenters. The van der Waals surface area contributed by atoms with E-state index in [1.54, 1.807) is 23.1 Å². The topological polar surface area (TPSA) is 94.1 Å². The van der Waals surface area contributed by atoms with Gasteiger partial charge in [-0.2, -0.15) is 0 Å². The number of hydrogen-bond donors (Lipinski definition) is 3. The summed E-state index contributed by atoms with van der Waals surface area (Å²) in [6, 6.07) is 36.9. The summed E-state index contributed by atoms with van der Waals surface area (Å²) in [5.41, 5.74) is 5.05. The zero-order chi connectivity index (χ0) is 33.6. The summed E-state index contributed by atoms with van der Waals surface area (Å²) in [6.07, 6.45) is -0.229. The van der Waals surface area contributed by atoms with Gasteiger partial charge in [0.2, 0.25) is 0 Å². The van der Waals surface area contributed by atoms with E-state index >= 15 is 0 Å². The molecule has 8 heteroatoms. The molecule has 0 radical (unpaired) electrons. The number of nitrogens with one attached hydrogen (secondary N) is 2. The Kier molecular flexibility index (Phi) is 10.0. The first-order valence-corrected chi connectivity index (χ1v) is 16.4. The van der Waals surface area contributed by atoms with Gasteiger partial charge in [0.05, 0.1) is 23.9 Å². The van der Waals surface area contributed by atoms with Gasteiger partial charge in [-0.15, -0.1) is 0 Å². The molecule has 1 aliphatic rings. The first-order chi connectivity index (χ1) is 23.3. The fourth-order valence-electron chi connectivity index (χ4n) is 6.25. The molecule has 8 nitrogen and oxygen atoms in total. The number of carbonyl (C=O) groups is 2. The Labute approximate surface area is 282 Å². The lowest BCUT2D eigenvalue weighted by Crippen LogP contribution is -2.49. The molecule has 48 heavy (non-hydrogen) atoms. The first kappa shape index (κ1) is 32.7. The summed E-state index contributed by atoms with van der Waals surface area (Å²) in [4.78, 5) is 30.9. The molecule has 5 aromatic carbocycles. The molecule has 3 N–H and O–H groups in total. The van der Waals surface area contributed by atoms with Crippen LogP contribution in [-0.2, 0) is 6.54 Å². The van der Waals surface area contributed by atoms with Gasteiger partial charge in [-0.3, -0.25) is 9.69 Å². The maximum absolute atomic E-state index is 13.9. The Morgan fingerprint density at radius 1 is 0.917 bits per heavy atom. The molecule has 1 aliphatic heterocycles. The third-order valence-corrected chi connectivity index (χ3v) is 8.97. The minimum absolute atomic E-state index is 0.0109. The number of carbonyl (C=O) groups excluding carboxylic acids is 2. The van der Waals surface area contributed by atoms with Gasteiger partial charge in [0, 0.05) is 36.6 Å². The lowest BCUT2D eigenvalue weighted by atomic mass is 9.99. The predicted molar refractivity (Wildman–Crippen MR) is 192 cm³/mol. The summed E-state index contributed by atoms with van der Waals surface area (Å²) < 4.78 is 6.59. The molecule has 0 aliphatic carbocycles. The first-order valence-electron chi connectivity index (χ1n) is 16.4. The number of nitrogens with zero attached hydrogens (tertiary/aromatic N) is 2. The Bertz CT molecular complexity index is 1870. The van der Waals surface area contributed by atoms with Crippen LogP contribution in [0.5, 0.6) is 5.75 Å². The second kappa shape index (κ2) is 14.7. The molecule has 246 valence electrons. The number of benzene rings is 5. The molecule has 3 atom stereocenters. The van der Waals surface area contributed by atoms with Crippen molar-refractivity contribution in [1.82, 2.24) is 9.80 Å². The van der Waals surface area contributed by atoms with Gasteiger partial charge in [-0.1, -0.05) is 97.9 Å². The molecule has 3 amide bonds. The van der Waals surface area contributed by atoms with Crippen molar-refractivity contribution in [3.05, 3.63) is 126 Å². The van der Waals surface area contributed by atoms with Crippen LogP contribution in [0.4, 0.5) is 16.2 Å². The number of likely N-dealkylation sites (N-methyl/N-ethyl adjacent to an activating group) is 1. The molecular weight excluding hydrogens is 600 g/mol. The van der Waals surface area contributed by atoms with Crippen molar-refractivity contribution in [2.24, 2.45) is 5.92 Å². The van der Waals surface area contributed by atoms with Gasteiger partial charge in [-0.25, -0.2) is 4.79 Å². The minimum Gasteiger partial charge on any atom is -0.488 e. The number of rotatable bonds is 9. The lowest BCUT2D eigenvalue weighted by Gasteiger charge is -2.38. The van der Waals surface area contributed by atoms with E-state index in [1.165, 1.54) is 16.7 Å². The number of aliphatic hydroxyl groups excluding tert-OH is 1. The summed E-state index contributed by atoms with van der Waals surface area (Å²) >= 11 is 0. The molecule has 1 heterocycles. The average Bonchev–Trinajstić information content (AvgIpc) is 3.10. The van der Waals surface area contributed by atoms with Crippen molar-refractivity contribution in [2.75, 3.05) is 37.4 Å². The minimum atomic E-state index is -0.420. The summed E-state index contributed by atoms with van der Waals surface area (Å²) in [7, 11) is 2.07. The van der Waals surface area contributed by atoms with Gasteiger partial charge < -0.3 is 25.4 Å². The molecular formula is C40H42N4O4. The fraction of sp³-hybridized carbons (Fsp3) is 0.250. The van der Waals surface area contributed by atoms with E-state index in [4.69, 9.17) is 4.74 Å². The van der Waals surface area contributed by atoms with Crippen LogP contribution < -0.4 is 15.4 Å². The standard InChI is InChI=1S/C40H42N4O4/c1-27-23-44(28(2)26-45)39(46)35-22-33(41-40(47)42-36-15-9-13-32-12-7-8-14-34(32)36)20-21-37(35)48-38(27)25-43(3)24-29-16-18-31(19-17-29)30-10-5-4-6-11-30/h4-22,27-28,38,45H,23-26H2,1-3H3,(H2,41,42,47)/t27-,28-,38+/m1/s1. The summed E-state index contributed by atoms with van der Waals surface area (Å²) in [5, 5.41) is 17.8. The molecule has 0 aromatic heterocycles. The van der Waals surface area contributed by atoms with Crippen LogP contribution in [0.25, 0.3) is 21.9 Å². The predicted octanol–water partition coefficient (Wildman–Crippen LogP) is 7.50. The second-order valence-electron chi connectivity index (χ2n) is 12.7. The van der Waals surface area contributed by atoms with Gasteiger partial charge in [-0.05, 0) is 60.3 Å². The van der Waals surface area contributed by atoms with E-state index in [-0.39, 0.29) is 24.5 Å². The maximum atomic E-state index is 13.9. The molecule has 0 saturated heterocycles. The van der Waals surface area contributed by atoms with Crippen LogP contribution >= 0.6 is 0 Å². The second-order valence-corrected chi connectivity index (χ2v) is 12.7. The Morgan fingerprint density at radius 3 is 2.40 bits per heavy atom. The van der Waals surface area contributed by atoms with Crippen LogP contribution in [0, 0.1) is 5.92 Å². The largest absolute Gasteiger partial charge is 0.488 e. The van der Waals surface area contributed by atoms with E-state index in [0.717, 1.165) is 17.3 Å². The number of urea groups is 1. The normalized spacial score (nSPS) is 16.9. The van der Waals surface area contributed by atoms with E-state index in [1.807, 2.05) is 67.6 Å². The van der Waals surface area contributed by atoms with E-state index in [0.29, 0.717) is 35.8 Å². The number of aliphatic hydroxyl groups is 1. The maximum Gasteiger partial charge on any atom is 0.323 e. The van der Waals surface area contributed by atoms with Crippen LogP contribution in [-0.4, -0.2) is 65.7 Å². The van der Waals surface area contributed by atoms with E-state index in [9.17, 15) is 14.7 Å². The highest BCUT2D eigenvalue weighted by Crippen LogP contribution is 2.31. The highest BCUT2D eigenvalue weighted by Gasteiger charge is 2.33. The molecule has 5 aromatic rings. The molecule has 0 bridgehead atoms. The highest BCUT2D eigenvalue weighted by molar-refractivity contribution is 6.07. The van der Waals surface area contributed by atoms with Crippen LogP contribution in [0.3, 0.4) is 0 Å². The number of ether oxygens (including phenoxy) is 1. The van der Waals surface area contributed by atoms with Crippen LogP contribution in [0.15, 0.2) is 115 Å². The highest BCUT2D eigenvalue weighted by atomic mass is 16.5. The van der Waals surface area contributed by atoms with Crippen molar-refractivity contribution in [3.8, 4) is 16.9 Å². The van der Waals surface area contributed by atoms with Gasteiger partial charge >= 0.3 is 6.03 Å². The molecule has 0 spiro atoms. The number of hydrogen-bond acceptors (Lipinski definition) is 5. The number of fused-ring (bicyclic) bond motifs is 2. The zero-order valence-corrected chi connectivity index (χ0v) is 27.6. The van der Waals surface area contributed by atoms with Crippen molar-refractivity contribution >= 4 is 34.1 Å². The smallest absolute Gasteiger partial charge is 0.323 e. The molecule has 0 fully saturated rings. The van der Waals surface area contributed by atoms with Crippen LogP contribution in [0.1, 0.15) is 29.8 Å². The molecule has 0 saturated carbocycles. The number of anilines is 2. The number of amides is 3. The zero-order valence-electron chi connectivity index (χ0n) is 27.6. The quantitative estimate of drug-likeness (QED) is 0.155. The Balaban J connectivity index is 1.19. The van der Waals surface area contributed by atoms with Gasteiger partial charge in [0.15, 0.2) is 0 Å². The van der Waals surface area contributed by atoms with Crippen molar-refractivity contribution < 1.29 is 19.4 Å². The summed E-state index contributed by atoms with van der Waals surface area (Å²) in [5.74, 6) is 0.192. The van der Waals surface area contributed by atoms with Gasteiger partial charge in [0.1, 0.15) is 11.9 Å². The van der Waals surface area contributed by atoms with Crippen LogP contribution in [0.2, 0.25) is 0 Å². The van der Waals surface area contributed by atoms with Crippen molar-refractivity contribution in [3.63, 3.8) is 0 Å². The Morgan fingerprint density at radius 2 is 1.62 bits per heavy atom.